The number of amides is 1. The molecule has 0 spiro atoms. The van der Waals surface area contributed by atoms with Crippen molar-refractivity contribution in [3.63, 3.8) is 0 Å². The molecule has 0 heterocycles. The molecule has 0 aromatic heterocycles. The van der Waals surface area contributed by atoms with Crippen molar-refractivity contribution in [2.24, 2.45) is 5.16 Å². The second-order valence-corrected chi connectivity index (χ2v) is 3.67. The van der Waals surface area contributed by atoms with Crippen LogP contribution in [-0.2, 0) is 11.3 Å². The first-order chi connectivity index (χ1) is 7.61. The third kappa shape index (κ3) is 4.10. The molecule has 1 aromatic carbocycles. The zero-order chi connectivity index (χ0) is 12.0. The van der Waals surface area contributed by atoms with Gasteiger partial charge in [0.1, 0.15) is 6.21 Å². The SMILES string of the molecule is CN(C)Cc1cccc(NC(=O)/C=N/O)c1. The minimum absolute atomic E-state index is 0.454. The van der Waals surface area contributed by atoms with Crippen LogP contribution < -0.4 is 5.32 Å². The van der Waals surface area contributed by atoms with E-state index in [4.69, 9.17) is 5.21 Å². The number of hydrogen-bond acceptors (Lipinski definition) is 4. The monoisotopic (exact) mass is 221 g/mol. The summed E-state index contributed by atoms with van der Waals surface area (Å²) in [5, 5.41) is 13.4. The average molecular weight is 221 g/mol. The molecule has 5 nitrogen and oxygen atoms in total. The summed E-state index contributed by atoms with van der Waals surface area (Å²) < 4.78 is 0. The minimum atomic E-state index is -0.454. The highest BCUT2D eigenvalue weighted by Gasteiger charge is 2.00. The summed E-state index contributed by atoms with van der Waals surface area (Å²) in [4.78, 5) is 13.2. The van der Waals surface area contributed by atoms with Crippen molar-refractivity contribution >= 4 is 17.8 Å². The van der Waals surface area contributed by atoms with Crippen LogP contribution >= 0.6 is 0 Å². The fourth-order valence-electron chi connectivity index (χ4n) is 1.34. The van der Waals surface area contributed by atoms with Crippen molar-refractivity contribution in [2.75, 3.05) is 19.4 Å². The van der Waals surface area contributed by atoms with Gasteiger partial charge in [-0.25, -0.2) is 0 Å². The molecule has 86 valence electrons. The van der Waals surface area contributed by atoms with Crippen molar-refractivity contribution < 1.29 is 10.0 Å². The van der Waals surface area contributed by atoms with Crippen LogP contribution in [0.15, 0.2) is 29.4 Å². The Morgan fingerprint density at radius 3 is 2.94 bits per heavy atom. The van der Waals surface area contributed by atoms with Crippen LogP contribution in [0.4, 0.5) is 5.69 Å². The van der Waals surface area contributed by atoms with E-state index in [1.54, 1.807) is 6.07 Å². The Labute approximate surface area is 94.4 Å². The molecule has 0 atom stereocenters. The van der Waals surface area contributed by atoms with Gasteiger partial charge in [-0.15, -0.1) is 0 Å². The number of nitrogens with zero attached hydrogens (tertiary/aromatic N) is 2. The highest BCUT2D eigenvalue weighted by molar-refractivity contribution is 6.31. The first-order valence-corrected chi connectivity index (χ1v) is 4.84. The van der Waals surface area contributed by atoms with Crippen LogP contribution in [0.1, 0.15) is 5.56 Å². The predicted octanol–water partition coefficient (Wildman–Crippen LogP) is 1.15. The maximum atomic E-state index is 11.1. The quantitative estimate of drug-likeness (QED) is 0.455. The highest BCUT2D eigenvalue weighted by Crippen LogP contribution is 2.11. The number of oxime groups is 1. The smallest absolute Gasteiger partial charge is 0.270 e. The van der Waals surface area contributed by atoms with Gasteiger partial charge in [-0.1, -0.05) is 17.3 Å². The average Bonchev–Trinajstić information content (AvgIpc) is 2.17. The van der Waals surface area contributed by atoms with Gasteiger partial charge in [0.15, 0.2) is 0 Å². The summed E-state index contributed by atoms with van der Waals surface area (Å²) in [5.41, 5.74) is 1.79. The van der Waals surface area contributed by atoms with E-state index in [0.717, 1.165) is 18.3 Å². The molecule has 1 aromatic rings. The Balaban J connectivity index is 2.70. The fraction of sp³-hybridized carbons (Fsp3) is 0.273. The van der Waals surface area contributed by atoms with E-state index >= 15 is 0 Å². The molecule has 1 rings (SSSR count). The molecular weight excluding hydrogens is 206 g/mol. The summed E-state index contributed by atoms with van der Waals surface area (Å²) in [7, 11) is 3.95. The van der Waals surface area contributed by atoms with Gasteiger partial charge in [-0.05, 0) is 31.8 Å². The van der Waals surface area contributed by atoms with E-state index in [9.17, 15) is 4.79 Å². The van der Waals surface area contributed by atoms with Gasteiger partial charge in [0.25, 0.3) is 5.91 Å². The van der Waals surface area contributed by atoms with Gasteiger partial charge in [0, 0.05) is 12.2 Å². The maximum absolute atomic E-state index is 11.1. The number of rotatable bonds is 4. The third-order valence-corrected chi connectivity index (χ3v) is 1.87. The summed E-state index contributed by atoms with van der Waals surface area (Å²) >= 11 is 0. The molecular formula is C11H15N3O2. The Bertz CT molecular complexity index is 389. The van der Waals surface area contributed by atoms with Crippen molar-refractivity contribution in [3.05, 3.63) is 29.8 Å². The second-order valence-electron chi connectivity index (χ2n) is 3.67. The lowest BCUT2D eigenvalue weighted by Gasteiger charge is -2.10. The Kier molecular flexibility index (Phi) is 4.47. The number of carbonyl (C=O) groups excluding carboxylic acids is 1. The molecule has 0 saturated carbocycles. The summed E-state index contributed by atoms with van der Waals surface area (Å²) in [6.07, 6.45) is 0.818. The highest BCUT2D eigenvalue weighted by atomic mass is 16.4. The lowest BCUT2D eigenvalue weighted by atomic mass is 10.2. The van der Waals surface area contributed by atoms with E-state index in [-0.39, 0.29) is 0 Å². The number of benzene rings is 1. The molecule has 0 fully saturated rings. The number of nitrogens with one attached hydrogen (secondary N) is 1. The standard InChI is InChI=1S/C11H15N3O2/c1-14(2)8-9-4-3-5-10(6-9)13-11(15)7-12-16/h3-7,16H,8H2,1-2H3,(H,13,15)/b12-7+. The van der Waals surface area contributed by atoms with Crippen LogP contribution in [0.25, 0.3) is 0 Å². The molecule has 16 heavy (non-hydrogen) atoms. The molecule has 5 heteroatoms. The molecule has 0 aliphatic rings. The number of anilines is 1. The molecule has 0 bridgehead atoms. The summed E-state index contributed by atoms with van der Waals surface area (Å²) in [6.45, 7) is 0.803. The van der Waals surface area contributed by atoms with Gasteiger partial charge in [0.05, 0.1) is 0 Å². The number of hydrogen-bond donors (Lipinski definition) is 2. The van der Waals surface area contributed by atoms with Crippen molar-refractivity contribution in [1.82, 2.24) is 4.90 Å². The zero-order valence-corrected chi connectivity index (χ0v) is 9.34. The van der Waals surface area contributed by atoms with Crippen LogP contribution in [0.5, 0.6) is 0 Å². The van der Waals surface area contributed by atoms with E-state index < -0.39 is 5.91 Å². The topological polar surface area (TPSA) is 64.9 Å². The Morgan fingerprint density at radius 2 is 2.31 bits per heavy atom. The first kappa shape index (κ1) is 12.2. The zero-order valence-electron chi connectivity index (χ0n) is 9.34. The van der Waals surface area contributed by atoms with Gasteiger partial charge in [0.2, 0.25) is 0 Å². The van der Waals surface area contributed by atoms with Crippen molar-refractivity contribution in [3.8, 4) is 0 Å². The summed E-state index contributed by atoms with van der Waals surface area (Å²) in [6, 6.07) is 7.51. The molecule has 0 aliphatic heterocycles. The second kappa shape index (κ2) is 5.87. The van der Waals surface area contributed by atoms with Crippen LogP contribution in [-0.4, -0.2) is 36.3 Å². The first-order valence-electron chi connectivity index (χ1n) is 4.84. The molecule has 0 saturated heterocycles. The van der Waals surface area contributed by atoms with Crippen LogP contribution in [0, 0.1) is 0 Å². The number of carbonyl (C=O) groups is 1. The van der Waals surface area contributed by atoms with E-state index in [1.165, 1.54) is 0 Å². The molecule has 2 N–H and O–H groups in total. The molecule has 0 radical (unpaired) electrons. The Morgan fingerprint density at radius 1 is 1.56 bits per heavy atom. The fourth-order valence-corrected chi connectivity index (χ4v) is 1.34. The minimum Gasteiger partial charge on any atom is -0.411 e. The third-order valence-electron chi connectivity index (χ3n) is 1.87. The lowest BCUT2D eigenvalue weighted by molar-refractivity contribution is -0.110. The normalized spacial score (nSPS) is 10.9. The van der Waals surface area contributed by atoms with Crippen molar-refractivity contribution in [2.45, 2.75) is 6.54 Å². The predicted molar refractivity (Wildman–Crippen MR) is 62.7 cm³/mol. The van der Waals surface area contributed by atoms with Crippen LogP contribution in [0.3, 0.4) is 0 Å². The van der Waals surface area contributed by atoms with E-state index in [2.05, 4.69) is 10.5 Å². The summed E-state index contributed by atoms with van der Waals surface area (Å²) in [5.74, 6) is -0.454. The Hall–Kier alpha value is -1.88. The van der Waals surface area contributed by atoms with Gasteiger partial charge >= 0.3 is 0 Å². The van der Waals surface area contributed by atoms with Gasteiger partial charge in [-0.2, -0.15) is 0 Å². The molecule has 0 aliphatic carbocycles. The maximum Gasteiger partial charge on any atom is 0.270 e. The van der Waals surface area contributed by atoms with E-state index in [1.807, 2.05) is 37.2 Å². The van der Waals surface area contributed by atoms with Gasteiger partial charge < -0.3 is 15.4 Å². The van der Waals surface area contributed by atoms with Crippen molar-refractivity contribution in [1.29, 1.82) is 0 Å². The lowest BCUT2D eigenvalue weighted by Crippen LogP contribution is -2.14. The van der Waals surface area contributed by atoms with E-state index in [0.29, 0.717) is 5.69 Å². The molecule has 0 unspecified atom stereocenters. The molecule has 1 amide bonds. The van der Waals surface area contributed by atoms with Crippen LogP contribution in [0.2, 0.25) is 0 Å². The largest absolute Gasteiger partial charge is 0.411 e. The van der Waals surface area contributed by atoms with Gasteiger partial charge in [-0.3, -0.25) is 4.79 Å².